The molecule has 1 aliphatic heterocycles. The topological polar surface area (TPSA) is 6.48 Å². The number of nitrogens with zero attached hydrogens (tertiary/aromatic N) is 2. The fourth-order valence-corrected chi connectivity index (χ4v) is 4.43. The van der Waals surface area contributed by atoms with Gasteiger partial charge in [0.05, 0.1) is 0 Å². The molecular formula is C19H25FN2. The van der Waals surface area contributed by atoms with Crippen molar-refractivity contribution in [3.63, 3.8) is 0 Å². The predicted octanol–water partition coefficient (Wildman–Crippen LogP) is 3.16. The molecule has 0 N–H and O–H groups in total. The molecule has 1 saturated carbocycles. The first-order chi connectivity index (χ1) is 10.8. The van der Waals surface area contributed by atoms with Gasteiger partial charge in [0.1, 0.15) is 5.82 Å². The maximum absolute atomic E-state index is 13.7. The molecule has 0 spiro atoms. The molecule has 1 aromatic carbocycles. The number of fused-ring (bicyclic) bond motifs is 2. The number of rotatable bonds is 4. The molecule has 2 fully saturated rings. The highest BCUT2D eigenvalue weighted by Gasteiger charge is 2.36. The quantitative estimate of drug-likeness (QED) is 0.788. The zero-order chi connectivity index (χ0) is 14.9. The van der Waals surface area contributed by atoms with E-state index in [4.69, 9.17) is 0 Å². The minimum atomic E-state index is -0.0707. The molecule has 118 valence electrons. The number of hydrogen-bond acceptors (Lipinski definition) is 2. The monoisotopic (exact) mass is 300 g/mol. The molecular weight excluding hydrogens is 275 g/mol. The molecule has 0 amide bonds. The predicted molar refractivity (Wildman–Crippen MR) is 87.0 cm³/mol. The molecule has 1 saturated heterocycles. The normalized spacial score (nSPS) is 32.0. The number of halogens is 1. The third kappa shape index (κ3) is 2.97. The van der Waals surface area contributed by atoms with Gasteiger partial charge in [-0.1, -0.05) is 30.4 Å². The Bertz CT molecular complexity index is 548. The highest BCUT2D eigenvalue weighted by Crippen LogP contribution is 2.43. The first-order valence-electron chi connectivity index (χ1n) is 8.64. The molecule has 0 radical (unpaired) electrons. The van der Waals surface area contributed by atoms with Gasteiger partial charge in [-0.25, -0.2) is 4.39 Å². The molecule has 2 bridgehead atoms. The number of piperazine rings is 1. The third-order valence-corrected chi connectivity index (χ3v) is 5.73. The second-order valence-electron chi connectivity index (χ2n) is 7.21. The number of allylic oxidation sites excluding steroid dienone is 2. The van der Waals surface area contributed by atoms with E-state index in [2.05, 4.69) is 22.0 Å². The summed E-state index contributed by atoms with van der Waals surface area (Å²) in [6.07, 6.45) is 7.68. The lowest BCUT2D eigenvalue weighted by molar-refractivity contribution is 0.108. The van der Waals surface area contributed by atoms with Crippen molar-refractivity contribution < 1.29 is 4.39 Å². The smallest absolute Gasteiger partial charge is 0.127 e. The van der Waals surface area contributed by atoms with Crippen LogP contribution in [-0.2, 0) is 6.54 Å². The first-order valence-corrected chi connectivity index (χ1v) is 8.64. The van der Waals surface area contributed by atoms with Crippen LogP contribution in [0.5, 0.6) is 0 Å². The van der Waals surface area contributed by atoms with Crippen molar-refractivity contribution in [3.8, 4) is 0 Å². The van der Waals surface area contributed by atoms with Gasteiger partial charge in [-0.15, -0.1) is 0 Å². The van der Waals surface area contributed by atoms with Crippen molar-refractivity contribution >= 4 is 0 Å². The van der Waals surface area contributed by atoms with Gasteiger partial charge in [-0.05, 0) is 36.7 Å². The van der Waals surface area contributed by atoms with Gasteiger partial charge >= 0.3 is 0 Å². The summed E-state index contributed by atoms with van der Waals surface area (Å²) in [6.45, 7) is 6.39. The van der Waals surface area contributed by atoms with Crippen molar-refractivity contribution in [3.05, 3.63) is 47.8 Å². The van der Waals surface area contributed by atoms with Crippen LogP contribution < -0.4 is 0 Å². The van der Waals surface area contributed by atoms with Crippen LogP contribution in [0.3, 0.4) is 0 Å². The summed E-state index contributed by atoms with van der Waals surface area (Å²) in [4.78, 5) is 5.01. The summed E-state index contributed by atoms with van der Waals surface area (Å²) < 4.78 is 13.7. The van der Waals surface area contributed by atoms with Gasteiger partial charge in [0.15, 0.2) is 0 Å². The molecule has 2 nitrogen and oxygen atoms in total. The van der Waals surface area contributed by atoms with Gasteiger partial charge in [-0.2, -0.15) is 0 Å². The van der Waals surface area contributed by atoms with Gasteiger partial charge in [0.2, 0.25) is 0 Å². The standard InChI is InChI=1S/C19H25FN2/c20-19-4-2-1-3-17(19)13-21-7-9-22(10-8-21)14-18-12-15-5-6-16(18)11-15/h1-6,15-16,18H,7-14H2/t15-,16+,18-/m1/s1. The second kappa shape index (κ2) is 6.13. The average Bonchev–Trinajstić information content (AvgIpc) is 3.14. The van der Waals surface area contributed by atoms with Crippen LogP contribution in [0.25, 0.3) is 0 Å². The van der Waals surface area contributed by atoms with Crippen molar-refractivity contribution in [2.24, 2.45) is 17.8 Å². The van der Waals surface area contributed by atoms with Crippen LogP contribution in [-0.4, -0.2) is 42.5 Å². The van der Waals surface area contributed by atoms with E-state index < -0.39 is 0 Å². The highest BCUT2D eigenvalue weighted by atomic mass is 19.1. The lowest BCUT2D eigenvalue weighted by Gasteiger charge is -2.37. The Kier molecular flexibility index (Phi) is 4.01. The lowest BCUT2D eigenvalue weighted by atomic mass is 9.93. The third-order valence-electron chi connectivity index (χ3n) is 5.73. The van der Waals surface area contributed by atoms with Crippen molar-refractivity contribution in [2.45, 2.75) is 19.4 Å². The molecule has 1 aromatic rings. The van der Waals surface area contributed by atoms with E-state index >= 15 is 0 Å². The number of benzene rings is 1. The Hall–Kier alpha value is -1.19. The Morgan fingerprint density at radius 1 is 0.955 bits per heavy atom. The van der Waals surface area contributed by atoms with E-state index in [0.717, 1.165) is 56.0 Å². The Morgan fingerprint density at radius 2 is 1.73 bits per heavy atom. The summed E-state index contributed by atoms with van der Waals surface area (Å²) in [5.41, 5.74) is 0.828. The molecule has 3 atom stereocenters. The molecule has 3 aliphatic rings. The zero-order valence-electron chi connectivity index (χ0n) is 13.1. The van der Waals surface area contributed by atoms with Crippen LogP contribution in [0.4, 0.5) is 4.39 Å². The van der Waals surface area contributed by atoms with Crippen molar-refractivity contribution in [1.29, 1.82) is 0 Å². The molecule has 3 heteroatoms. The lowest BCUT2D eigenvalue weighted by Crippen LogP contribution is -2.47. The van der Waals surface area contributed by atoms with Crippen LogP contribution in [0.1, 0.15) is 18.4 Å². The van der Waals surface area contributed by atoms with E-state index in [9.17, 15) is 4.39 Å². The van der Waals surface area contributed by atoms with Crippen LogP contribution >= 0.6 is 0 Å². The van der Waals surface area contributed by atoms with Crippen LogP contribution in [0, 0.1) is 23.6 Å². The summed E-state index contributed by atoms with van der Waals surface area (Å²) >= 11 is 0. The Balaban J connectivity index is 1.26. The van der Waals surface area contributed by atoms with Crippen LogP contribution in [0.2, 0.25) is 0 Å². The zero-order valence-corrected chi connectivity index (χ0v) is 13.1. The first kappa shape index (κ1) is 14.4. The fraction of sp³-hybridized carbons (Fsp3) is 0.579. The molecule has 22 heavy (non-hydrogen) atoms. The summed E-state index contributed by atoms with van der Waals surface area (Å²) in [5.74, 6) is 2.53. The average molecular weight is 300 g/mol. The molecule has 2 aliphatic carbocycles. The molecule has 1 heterocycles. The van der Waals surface area contributed by atoms with Gasteiger partial charge in [0.25, 0.3) is 0 Å². The summed E-state index contributed by atoms with van der Waals surface area (Å²) in [5, 5.41) is 0. The summed E-state index contributed by atoms with van der Waals surface area (Å²) in [6, 6.07) is 7.16. The molecule has 4 rings (SSSR count). The molecule has 0 unspecified atom stereocenters. The van der Waals surface area contributed by atoms with Gasteiger partial charge in [0, 0.05) is 44.8 Å². The van der Waals surface area contributed by atoms with Crippen molar-refractivity contribution in [2.75, 3.05) is 32.7 Å². The van der Waals surface area contributed by atoms with E-state index in [1.807, 2.05) is 12.1 Å². The maximum Gasteiger partial charge on any atom is 0.127 e. The van der Waals surface area contributed by atoms with Gasteiger partial charge < -0.3 is 4.90 Å². The van der Waals surface area contributed by atoms with E-state index in [1.165, 1.54) is 19.4 Å². The Labute approximate surface area is 132 Å². The van der Waals surface area contributed by atoms with Crippen molar-refractivity contribution in [1.82, 2.24) is 9.80 Å². The largest absolute Gasteiger partial charge is 0.300 e. The van der Waals surface area contributed by atoms with Crippen LogP contribution in [0.15, 0.2) is 36.4 Å². The maximum atomic E-state index is 13.7. The van der Waals surface area contributed by atoms with E-state index in [-0.39, 0.29) is 5.82 Å². The minimum absolute atomic E-state index is 0.0707. The van der Waals surface area contributed by atoms with E-state index in [1.54, 1.807) is 12.1 Å². The SMILES string of the molecule is Fc1ccccc1CN1CCN(C[C@H]2C[C@@H]3C=C[C@H]2C3)CC1. The fourth-order valence-electron chi connectivity index (χ4n) is 4.43. The Morgan fingerprint density at radius 3 is 2.41 bits per heavy atom. The minimum Gasteiger partial charge on any atom is -0.300 e. The highest BCUT2D eigenvalue weighted by molar-refractivity contribution is 5.17. The van der Waals surface area contributed by atoms with E-state index in [0.29, 0.717) is 0 Å². The summed E-state index contributed by atoms with van der Waals surface area (Å²) in [7, 11) is 0. The number of hydrogen-bond donors (Lipinski definition) is 0. The van der Waals surface area contributed by atoms with Gasteiger partial charge in [-0.3, -0.25) is 4.90 Å². The molecule has 0 aromatic heterocycles. The second-order valence-corrected chi connectivity index (χ2v) is 7.21.